The molecular weight excluding hydrogens is 420 g/mol. The van der Waals surface area contributed by atoms with Gasteiger partial charge in [0.05, 0.1) is 18.3 Å². The molecule has 0 bridgehead atoms. The molecule has 172 valence electrons. The number of nitrogens with two attached hydrogens (primary N) is 1. The Morgan fingerprint density at radius 2 is 1.91 bits per heavy atom. The fourth-order valence-electron chi connectivity index (χ4n) is 5.82. The van der Waals surface area contributed by atoms with Crippen LogP contribution in [0.25, 0.3) is 5.76 Å². The van der Waals surface area contributed by atoms with Crippen LogP contribution in [0.5, 0.6) is 5.75 Å². The van der Waals surface area contributed by atoms with Crippen LogP contribution in [-0.4, -0.2) is 79.7 Å². The lowest BCUT2D eigenvalue weighted by molar-refractivity contribution is -0.184. The number of aliphatic hydroxyl groups is 4. The van der Waals surface area contributed by atoms with E-state index in [0.29, 0.717) is 11.1 Å². The molecule has 0 spiro atoms. The number of amides is 1. The quantitative estimate of drug-likeness (QED) is 0.305. The van der Waals surface area contributed by atoms with Crippen molar-refractivity contribution in [2.24, 2.45) is 23.5 Å². The normalized spacial score (nSPS) is 34.2. The molecule has 32 heavy (non-hydrogen) atoms. The van der Waals surface area contributed by atoms with E-state index in [0.717, 1.165) is 0 Å². The zero-order valence-electron chi connectivity index (χ0n) is 17.6. The fraction of sp³-hybridized carbons (Fsp3) is 0.500. The van der Waals surface area contributed by atoms with Crippen molar-refractivity contribution in [1.82, 2.24) is 4.90 Å². The van der Waals surface area contributed by atoms with Gasteiger partial charge in [-0.15, -0.1) is 0 Å². The number of likely N-dealkylation sites (N-methyl/N-ethyl adjacent to an activating group) is 1. The second-order valence-electron chi connectivity index (χ2n) is 9.05. The van der Waals surface area contributed by atoms with Gasteiger partial charge < -0.3 is 36.2 Å². The van der Waals surface area contributed by atoms with Crippen LogP contribution in [0.4, 0.5) is 0 Å². The maximum absolute atomic E-state index is 13.6. The van der Waals surface area contributed by atoms with E-state index >= 15 is 0 Å². The zero-order chi connectivity index (χ0) is 23.7. The monoisotopic (exact) mass is 446 g/mol. The van der Waals surface area contributed by atoms with Crippen molar-refractivity contribution in [3.63, 3.8) is 0 Å². The Balaban J connectivity index is 1.93. The number of benzene rings is 1. The Bertz CT molecular complexity index is 1060. The largest absolute Gasteiger partial charge is 0.507 e. The van der Waals surface area contributed by atoms with Gasteiger partial charge in [0.15, 0.2) is 11.4 Å². The number of phenols is 1. The number of fused-ring (bicyclic) bond motifs is 3. The Labute approximate surface area is 183 Å². The highest BCUT2D eigenvalue weighted by Crippen LogP contribution is 2.52. The average molecular weight is 446 g/mol. The molecule has 0 aromatic heterocycles. The number of Topliss-reactive ketones (excluding diaryl/α,β-unsaturated/α-hetero) is 2. The standard InChI is InChI=1S/C22H26N2O8/c1-24(2)16-11-6-9-5-10-8(7-25)3-4-12(26)14(10)17(27)13(9)19(29)22(11,32)20(30)15(18(16)28)21(23)31/h3-4,9,11,15-16,18,25-28,32H,5-7H2,1-2H3,(H2,23,31)/t9-,11-,15?,16-,18?,22-/m1/s1. The number of carbonyl (C=O) groups excluding carboxylic acids is 3. The fourth-order valence-corrected chi connectivity index (χ4v) is 5.82. The molecule has 3 aliphatic rings. The lowest BCUT2D eigenvalue weighted by atomic mass is 9.54. The van der Waals surface area contributed by atoms with Crippen LogP contribution in [0, 0.1) is 17.8 Å². The Morgan fingerprint density at radius 3 is 2.47 bits per heavy atom. The minimum atomic E-state index is -2.67. The smallest absolute Gasteiger partial charge is 0.230 e. The second-order valence-corrected chi connectivity index (χ2v) is 9.05. The molecule has 1 aromatic rings. The first-order chi connectivity index (χ1) is 15.0. The van der Waals surface area contributed by atoms with Gasteiger partial charge in [-0.1, -0.05) is 6.07 Å². The van der Waals surface area contributed by atoms with Crippen LogP contribution in [0.3, 0.4) is 0 Å². The van der Waals surface area contributed by atoms with Crippen molar-refractivity contribution in [2.75, 3.05) is 14.1 Å². The highest BCUT2D eigenvalue weighted by atomic mass is 16.3. The van der Waals surface area contributed by atoms with E-state index in [9.17, 15) is 39.9 Å². The predicted molar refractivity (Wildman–Crippen MR) is 110 cm³/mol. The van der Waals surface area contributed by atoms with E-state index in [1.165, 1.54) is 17.0 Å². The summed E-state index contributed by atoms with van der Waals surface area (Å²) in [5.41, 5.74) is 3.35. The number of hydrogen-bond donors (Lipinski definition) is 6. The van der Waals surface area contributed by atoms with Crippen LogP contribution in [0.2, 0.25) is 0 Å². The van der Waals surface area contributed by atoms with E-state index in [4.69, 9.17) is 5.73 Å². The molecule has 6 atom stereocenters. The summed E-state index contributed by atoms with van der Waals surface area (Å²) in [6.45, 7) is -0.350. The van der Waals surface area contributed by atoms with E-state index in [1.807, 2.05) is 0 Å². The third-order valence-corrected chi connectivity index (χ3v) is 7.24. The lowest BCUT2D eigenvalue weighted by Gasteiger charge is -2.53. The summed E-state index contributed by atoms with van der Waals surface area (Å²) in [4.78, 5) is 40.3. The van der Waals surface area contributed by atoms with Crippen molar-refractivity contribution in [3.8, 4) is 5.75 Å². The molecule has 1 aromatic carbocycles. The molecule has 10 heteroatoms. The van der Waals surface area contributed by atoms with Crippen molar-refractivity contribution in [1.29, 1.82) is 0 Å². The van der Waals surface area contributed by atoms with Crippen LogP contribution < -0.4 is 5.73 Å². The Kier molecular flexibility index (Phi) is 5.17. The number of phenolic OH excluding ortho intramolecular Hbond substituents is 1. The molecule has 7 N–H and O–H groups in total. The molecule has 3 aliphatic carbocycles. The van der Waals surface area contributed by atoms with E-state index in [1.54, 1.807) is 14.1 Å². The molecule has 0 saturated heterocycles. The number of ketones is 2. The average Bonchev–Trinajstić information content (AvgIpc) is 2.70. The maximum Gasteiger partial charge on any atom is 0.230 e. The molecule has 10 nitrogen and oxygen atoms in total. The van der Waals surface area contributed by atoms with E-state index in [-0.39, 0.29) is 36.3 Å². The van der Waals surface area contributed by atoms with Gasteiger partial charge in [-0.25, -0.2) is 0 Å². The number of nitrogens with zero attached hydrogens (tertiary/aromatic N) is 1. The first-order valence-electron chi connectivity index (χ1n) is 10.3. The van der Waals surface area contributed by atoms with Gasteiger partial charge in [0.2, 0.25) is 11.7 Å². The number of aliphatic hydroxyl groups excluding tert-OH is 3. The molecule has 0 radical (unpaired) electrons. The first kappa shape index (κ1) is 22.4. The van der Waals surface area contributed by atoms with Crippen LogP contribution in [-0.2, 0) is 27.4 Å². The van der Waals surface area contributed by atoms with Gasteiger partial charge >= 0.3 is 0 Å². The van der Waals surface area contributed by atoms with Gasteiger partial charge in [-0.05, 0) is 50.0 Å². The number of carbonyl (C=O) groups is 3. The summed E-state index contributed by atoms with van der Waals surface area (Å²) in [6.07, 6.45) is -1.32. The summed E-state index contributed by atoms with van der Waals surface area (Å²) in [5.74, 6) is -7.80. The highest BCUT2D eigenvalue weighted by Gasteiger charge is 2.67. The summed E-state index contributed by atoms with van der Waals surface area (Å²) >= 11 is 0. The topological polar surface area (TPSA) is 182 Å². The molecule has 0 aliphatic heterocycles. The SMILES string of the molecule is CN(C)[C@H]1C(O)C(C(N)=O)C(=O)[C@]2(O)C(=O)C3=C(O)c4c(O)ccc(CO)c4C[C@@H]3C[C@H]12. The number of primary amides is 1. The molecule has 0 heterocycles. The second kappa shape index (κ2) is 7.38. The number of aromatic hydroxyl groups is 1. The van der Waals surface area contributed by atoms with Gasteiger partial charge in [0, 0.05) is 17.5 Å². The van der Waals surface area contributed by atoms with Crippen molar-refractivity contribution < 1.29 is 39.9 Å². The summed E-state index contributed by atoms with van der Waals surface area (Å²) in [5, 5.41) is 53.2. The van der Waals surface area contributed by atoms with Gasteiger partial charge in [-0.2, -0.15) is 0 Å². The molecule has 2 unspecified atom stereocenters. The molecule has 2 fully saturated rings. The lowest BCUT2D eigenvalue weighted by Crippen LogP contribution is -2.73. The molecule has 2 saturated carbocycles. The molecular formula is C22H26N2O8. The maximum atomic E-state index is 13.6. The Hall–Kier alpha value is -2.79. The molecule has 1 amide bonds. The first-order valence-corrected chi connectivity index (χ1v) is 10.3. The third kappa shape index (κ3) is 2.77. The summed E-state index contributed by atoms with van der Waals surface area (Å²) < 4.78 is 0. The van der Waals surface area contributed by atoms with Gasteiger partial charge in [-0.3, -0.25) is 14.4 Å². The van der Waals surface area contributed by atoms with Crippen molar-refractivity contribution in [3.05, 3.63) is 34.4 Å². The molecule has 4 rings (SSSR count). The van der Waals surface area contributed by atoms with Crippen LogP contribution in [0.1, 0.15) is 23.1 Å². The zero-order valence-corrected chi connectivity index (χ0v) is 17.6. The van der Waals surface area contributed by atoms with Crippen molar-refractivity contribution in [2.45, 2.75) is 37.2 Å². The highest BCUT2D eigenvalue weighted by molar-refractivity contribution is 6.25. The number of rotatable bonds is 3. The summed E-state index contributed by atoms with van der Waals surface area (Å²) in [7, 11) is 3.18. The van der Waals surface area contributed by atoms with E-state index in [2.05, 4.69) is 0 Å². The van der Waals surface area contributed by atoms with Gasteiger partial charge in [0.1, 0.15) is 17.4 Å². The van der Waals surface area contributed by atoms with E-state index < -0.39 is 58.7 Å². The van der Waals surface area contributed by atoms with Crippen LogP contribution in [0.15, 0.2) is 17.7 Å². The van der Waals surface area contributed by atoms with Crippen molar-refractivity contribution >= 4 is 23.2 Å². The third-order valence-electron chi connectivity index (χ3n) is 7.24. The minimum absolute atomic E-state index is 0.0305. The van der Waals surface area contributed by atoms with Crippen LogP contribution >= 0.6 is 0 Å². The predicted octanol–water partition coefficient (Wildman–Crippen LogP) is -1.38. The Morgan fingerprint density at radius 1 is 1.25 bits per heavy atom. The number of hydrogen-bond acceptors (Lipinski definition) is 9. The van der Waals surface area contributed by atoms with Gasteiger partial charge in [0.25, 0.3) is 0 Å². The summed E-state index contributed by atoms with van der Waals surface area (Å²) in [6, 6.07) is 1.85. The minimum Gasteiger partial charge on any atom is -0.507 e.